The maximum Gasteiger partial charge on any atom is 0.417 e. The molecule has 2 heterocycles. The number of benzene rings is 3. The van der Waals surface area contributed by atoms with E-state index in [4.69, 9.17) is 23.4 Å². The van der Waals surface area contributed by atoms with Gasteiger partial charge in [0, 0.05) is 14.2 Å². The van der Waals surface area contributed by atoms with Crippen LogP contribution in [-0.2, 0) is 25.4 Å². The number of hydrogen-bond donors (Lipinski definition) is 1. The second-order valence-corrected chi connectivity index (χ2v) is 10.2. The van der Waals surface area contributed by atoms with Crippen molar-refractivity contribution in [3.05, 3.63) is 90.0 Å². The first kappa shape index (κ1) is 30.0. The molecule has 2 amide bonds. The molecule has 1 aliphatic rings. The zero-order chi connectivity index (χ0) is 30.2. The molecule has 0 saturated carbocycles. The van der Waals surface area contributed by atoms with Crippen molar-refractivity contribution in [2.45, 2.75) is 24.7 Å². The zero-order valence-corrected chi connectivity index (χ0v) is 24.1. The van der Waals surface area contributed by atoms with Gasteiger partial charge in [0.2, 0.25) is 0 Å². The summed E-state index contributed by atoms with van der Waals surface area (Å²) in [6.45, 7) is 1.20. The van der Waals surface area contributed by atoms with Crippen LogP contribution >= 0.6 is 0 Å². The first-order valence-corrected chi connectivity index (χ1v) is 14.1. The summed E-state index contributed by atoms with van der Waals surface area (Å²) in [6, 6.07) is 23.8. The number of anilines is 1. The minimum atomic E-state index is -1.35. The number of imide groups is 1. The van der Waals surface area contributed by atoms with E-state index in [1.807, 2.05) is 66.5 Å². The Morgan fingerprint density at radius 2 is 1.79 bits per heavy atom. The van der Waals surface area contributed by atoms with Crippen LogP contribution in [0.5, 0.6) is 5.75 Å². The lowest BCUT2D eigenvalue weighted by Crippen LogP contribution is -2.48. The maximum absolute atomic E-state index is 13.7. The molecule has 1 aromatic heterocycles. The van der Waals surface area contributed by atoms with Gasteiger partial charge in [-0.25, -0.2) is 9.69 Å². The Balaban J connectivity index is 1.22. The third-order valence-electron chi connectivity index (χ3n) is 7.15. The number of nitrogens with zero attached hydrogens (tertiary/aromatic N) is 3. The van der Waals surface area contributed by atoms with Crippen molar-refractivity contribution in [1.29, 1.82) is 0 Å². The van der Waals surface area contributed by atoms with Gasteiger partial charge in [-0.05, 0) is 41.8 Å². The molecule has 5 rings (SSSR count). The van der Waals surface area contributed by atoms with E-state index in [9.17, 15) is 14.7 Å². The van der Waals surface area contributed by atoms with Crippen LogP contribution < -0.4 is 9.64 Å². The number of cyclic esters (lactones) is 1. The van der Waals surface area contributed by atoms with E-state index in [2.05, 4.69) is 4.98 Å². The SMILES string of the molecule is COCCO[C@H](C(=O)N1C(=O)OCC1Cc1ccccc1)[C@@H](O)c1ccc(OCCN(C)c2nc3ccccc3o2)cc1. The first-order chi connectivity index (χ1) is 20.9. The Hall–Kier alpha value is -4.45. The van der Waals surface area contributed by atoms with Gasteiger partial charge in [0.15, 0.2) is 11.7 Å². The Kier molecular flexibility index (Phi) is 9.88. The Morgan fingerprint density at radius 3 is 2.53 bits per heavy atom. The van der Waals surface area contributed by atoms with Crippen molar-refractivity contribution in [3.8, 4) is 5.75 Å². The highest BCUT2D eigenvalue weighted by atomic mass is 16.6. The van der Waals surface area contributed by atoms with Gasteiger partial charge in [0.25, 0.3) is 11.9 Å². The smallest absolute Gasteiger partial charge is 0.417 e. The monoisotopic (exact) mass is 589 g/mol. The second-order valence-electron chi connectivity index (χ2n) is 10.2. The number of methoxy groups -OCH3 is 1. The Bertz CT molecular complexity index is 1460. The molecule has 1 saturated heterocycles. The number of oxazole rings is 1. The van der Waals surface area contributed by atoms with Crippen LogP contribution in [0.2, 0.25) is 0 Å². The van der Waals surface area contributed by atoms with E-state index < -0.39 is 30.3 Å². The van der Waals surface area contributed by atoms with Crippen LogP contribution in [0.3, 0.4) is 0 Å². The highest BCUT2D eigenvalue weighted by Crippen LogP contribution is 2.27. The lowest BCUT2D eigenvalue weighted by molar-refractivity contribution is -0.151. The van der Waals surface area contributed by atoms with E-state index in [1.54, 1.807) is 24.3 Å². The Morgan fingerprint density at radius 1 is 1.05 bits per heavy atom. The van der Waals surface area contributed by atoms with Crippen LogP contribution in [-0.4, -0.2) is 86.3 Å². The fraction of sp³-hybridized carbons (Fsp3) is 0.344. The van der Waals surface area contributed by atoms with E-state index >= 15 is 0 Å². The van der Waals surface area contributed by atoms with Crippen LogP contribution in [0.1, 0.15) is 17.2 Å². The Labute approximate surface area is 249 Å². The third-order valence-corrected chi connectivity index (χ3v) is 7.15. The van der Waals surface area contributed by atoms with Gasteiger partial charge in [0.05, 0.1) is 25.8 Å². The van der Waals surface area contributed by atoms with E-state index in [1.165, 1.54) is 7.11 Å². The van der Waals surface area contributed by atoms with Gasteiger partial charge in [0.1, 0.15) is 30.6 Å². The number of para-hydroxylation sites is 2. The summed E-state index contributed by atoms with van der Waals surface area (Å²) >= 11 is 0. The van der Waals surface area contributed by atoms with Crippen LogP contribution in [0.25, 0.3) is 11.1 Å². The van der Waals surface area contributed by atoms with E-state index in [0.29, 0.717) is 36.9 Å². The molecular weight excluding hydrogens is 554 g/mol. The highest BCUT2D eigenvalue weighted by Gasteiger charge is 2.43. The van der Waals surface area contributed by atoms with Gasteiger partial charge >= 0.3 is 6.09 Å². The number of aromatic nitrogens is 1. The molecule has 0 aliphatic carbocycles. The minimum Gasteiger partial charge on any atom is -0.492 e. The quantitative estimate of drug-likeness (QED) is 0.216. The molecular formula is C32H35N3O8. The number of carbonyl (C=O) groups is 2. The number of amides is 2. The molecule has 1 N–H and O–H groups in total. The summed E-state index contributed by atoms with van der Waals surface area (Å²) in [7, 11) is 3.38. The summed E-state index contributed by atoms with van der Waals surface area (Å²) in [6.07, 6.45) is -3.04. The summed E-state index contributed by atoms with van der Waals surface area (Å²) < 4.78 is 27.7. The number of fused-ring (bicyclic) bond motifs is 1. The lowest BCUT2D eigenvalue weighted by atomic mass is 10.0. The second kappa shape index (κ2) is 14.1. The van der Waals surface area contributed by atoms with Crippen molar-refractivity contribution >= 4 is 29.1 Å². The average Bonchev–Trinajstić information content (AvgIpc) is 3.63. The molecule has 4 aromatic rings. The number of rotatable bonds is 14. The number of carbonyl (C=O) groups excluding carboxylic acids is 2. The summed E-state index contributed by atoms with van der Waals surface area (Å²) in [4.78, 5) is 33.7. The highest BCUT2D eigenvalue weighted by molar-refractivity contribution is 5.96. The van der Waals surface area contributed by atoms with Crippen molar-refractivity contribution < 1.29 is 38.1 Å². The van der Waals surface area contributed by atoms with E-state index in [-0.39, 0.29) is 19.8 Å². The number of aliphatic hydroxyl groups excluding tert-OH is 1. The number of ether oxygens (including phenoxy) is 4. The topological polar surface area (TPSA) is 124 Å². The van der Waals surface area contributed by atoms with Crippen LogP contribution in [0.4, 0.5) is 10.8 Å². The van der Waals surface area contributed by atoms with Crippen LogP contribution in [0, 0.1) is 0 Å². The maximum atomic E-state index is 13.7. The van der Waals surface area contributed by atoms with Crippen LogP contribution in [0.15, 0.2) is 83.3 Å². The number of likely N-dealkylation sites (N-methyl/N-ethyl adjacent to an activating group) is 1. The molecule has 0 spiro atoms. The third kappa shape index (κ3) is 7.31. The molecule has 226 valence electrons. The number of aliphatic hydroxyl groups is 1. The van der Waals surface area contributed by atoms with Gasteiger partial charge in [-0.1, -0.05) is 54.6 Å². The molecule has 43 heavy (non-hydrogen) atoms. The molecule has 11 heteroatoms. The molecule has 1 aliphatic heterocycles. The average molecular weight is 590 g/mol. The van der Waals surface area contributed by atoms with Crippen molar-refractivity contribution in [2.75, 3.05) is 52.0 Å². The van der Waals surface area contributed by atoms with Gasteiger partial charge in [-0.15, -0.1) is 0 Å². The minimum absolute atomic E-state index is 0.0466. The van der Waals surface area contributed by atoms with Crippen molar-refractivity contribution in [1.82, 2.24) is 9.88 Å². The molecule has 1 unspecified atom stereocenters. The predicted octanol–water partition coefficient (Wildman–Crippen LogP) is 4.00. The fourth-order valence-electron chi connectivity index (χ4n) is 4.82. The summed E-state index contributed by atoms with van der Waals surface area (Å²) in [5.41, 5.74) is 2.89. The zero-order valence-electron chi connectivity index (χ0n) is 24.1. The van der Waals surface area contributed by atoms with E-state index in [0.717, 1.165) is 21.6 Å². The molecule has 1 fully saturated rings. The predicted molar refractivity (Wildman–Crippen MR) is 158 cm³/mol. The molecule has 0 bridgehead atoms. The number of hydrogen-bond acceptors (Lipinski definition) is 10. The fourth-order valence-corrected chi connectivity index (χ4v) is 4.82. The summed E-state index contributed by atoms with van der Waals surface area (Å²) in [5.74, 6) is -0.0919. The largest absolute Gasteiger partial charge is 0.492 e. The summed E-state index contributed by atoms with van der Waals surface area (Å²) in [5, 5.41) is 11.3. The van der Waals surface area contributed by atoms with Crippen molar-refractivity contribution in [3.63, 3.8) is 0 Å². The molecule has 0 radical (unpaired) electrons. The van der Waals surface area contributed by atoms with Crippen molar-refractivity contribution in [2.24, 2.45) is 0 Å². The lowest BCUT2D eigenvalue weighted by Gasteiger charge is -2.28. The van der Waals surface area contributed by atoms with Gasteiger partial charge in [-0.2, -0.15) is 4.98 Å². The standard InChI is InChI=1S/C32H35N3O8/c1-34(31-33-26-10-6-7-11-27(26)43-31)16-17-40-25-14-12-23(13-15-25)28(36)29(41-19-18-39-2)30(37)35-24(21-42-32(35)38)20-22-8-4-3-5-9-22/h3-15,24,28-29,36H,16-21H2,1-2H3/t24?,28-,29-/m0/s1. The van der Waals surface area contributed by atoms with Gasteiger partial charge in [-0.3, -0.25) is 4.79 Å². The molecule has 3 aromatic carbocycles. The molecule has 11 nitrogen and oxygen atoms in total. The molecule has 3 atom stereocenters. The normalized spacial score (nSPS) is 16.2. The van der Waals surface area contributed by atoms with Gasteiger partial charge < -0.3 is 33.4 Å². The first-order valence-electron chi connectivity index (χ1n) is 14.1.